The van der Waals surface area contributed by atoms with E-state index in [9.17, 15) is 18.0 Å². The minimum Gasteiger partial charge on any atom is -0.355 e. The zero-order valence-corrected chi connectivity index (χ0v) is 15.8. The van der Waals surface area contributed by atoms with Crippen LogP contribution >= 0.6 is 0 Å². The summed E-state index contributed by atoms with van der Waals surface area (Å²) in [6.07, 6.45) is -4.43. The molecule has 0 saturated heterocycles. The fourth-order valence-corrected chi connectivity index (χ4v) is 3.07. The van der Waals surface area contributed by atoms with E-state index in [1.807, 2.05) is 60.7 Å². The van der Waals surface area contributed by atoms with Gasteiger partial charge in [-0.15, -0.1) is 0 Å². The van der Waals surface area contributed by atoms with Gasteiger partial charge in [0.2, 0.25) is 5.91 Å². The molecular formula is C22H20F3N3O. The van der Waals surface area contributed by atoms with Crippen molar-refractivity contribution in [2.24, 2.45) is 0 Å². The number of halogens is 3. The number of nitrogens with one attached hydrogen (secondary N) is 1. The molecule has 0 radical (unpaired) electrons. The summed E-state index contributed by atoms with van der Waals surface area (Å²) in [4.78, 5) is 20.5. The molecule has 4 nitrogen and oxygen atoms in total. The molecule has 0 bridgehead atoms. The molecule has 0 spiro atoms. The lowest BCUT2D eigenvalue weighted by Crippen LogP contribution is -2.32. The highest BCUT2D eigenvalue weighted by molar-refractivity contribution is 5.87. The summed E-state index contributed by atoms with van der Waals surface area (Å²) in [7, 11) is 0. The minimum absolute atomic E-state index is 0.0496. The maximum Gasteiger partial charge on any atom is 0.433 e. The summed E-state index contributed by atoms with van der Waals surface area (Å²) in [6, 6.07) is 19.6. The first-order chi connectivity index (χ1) is 13.8. The SMILES string of the molecule is Cc1cc(C(F)(F)F)nc(CCNC(=O)C(c2ccccc2)c2ccccc2)n1. The van der Waals surface area contributed by atoms with Gasteiger partial charge in [0.05, 0.1) is 5.92 Å². The lowest BCUT2D eigenvalue weighted by Gasteiger charge is -2.18. The molecule has 3 rings (SSSR count). The zero-order valence-electron chi connectivity index (χ0n) is 15.8. The Kier molecular flexibility index (Phi) is 6.26. The maximum atomic E-state index is 12.9. The molecule has 0 unspecified atom stereocenters. The molecular weight excluding hydrogens is 379 g/mol. The largest absolute Gasteiger partial charge is 0.433 e. The van der Waals surface area contributed by atoms with Crippen molar-refractivity contribution in [2.75, 3.05) is 6.54 Å². The van der Waals surface area contributed by atoms with Gasteiger partial charge in [0, 0.05) is 18.7 Å². The van der Waals surface area contributed by atoms with E-state index >= 15 is 0 Å². The molecule has 1 heterocycles. The number of amides is 1. The molecule has 0 fully saturated rings. The van der Waals surface area contributed by atoms with Crippen LogP contribution < -0.4 is 5.32 Å². The summed E-state index contributed by atoms with van der Waals surface area (Å²) < 4.78 is 38.8. The summed E-state index contributed by atoms with van der Waals surface area (Å²) in [5.41, 5.74) is 0.933. The second kappa shape index (κ2) is 8.86. The minimum atomic E-state index is -4.53. The van der Waals surface area contributed by atoms with Gasteiger partial charge < -0.3 is 5.32 Å². The van der Waals surface area contributed by atoms with Crippen molar-refractivity contribution in [3.05, 3.63) is 95.1 Å². The standard InChI is InChI=1S/C22H20F3N3O/c1-15-14-18(22(23,24)25)28-19(27-15)12-13-26-21(29)20(16-8-4-2-5-9-16)17-10-6-3-7-11-17/h2-11,14,20H,12-13H2,1H3,(H,26,29). The monoisotopic (exact) mass is 399 g/mol. The van der Waals surface area contributed by atoms with Gasteiger partial charge >= 0.3 is 6.18 Å². The van der Waals surface area contributed by atoms with Crippen molar-refractivity contribution >= 4 is 5.91 Å². The summed E-state index contributed by atoms with van der Waals surface area (Å²) in [6.45, 7) is 1.62. The van der Waals surface area contributed by atoms with Crippen LogP contribution in [0.25, 0.3) is 0 Å². The first-order valence-corrected chi connectivity index (χ1v) is 9.14. The molecule has 0 aliphatic heterocycles. The van der Waals surface area contributed by atoms with Gasteiger partial charge in [0.25, 0.3) is 0 Å². The Morgan fingerprint density at radius 2 is 1.52 bits per heavy atom. The fraction of sp³-hybridized carbons (Fsp3) is 0.227. The number of alkyl halides is 3. The highest BCUT2D eigenvalue weighted by Gasteiger charge is 2.33. The predicted octanol–water partition coefficient (Wildman–Crippen LogP) is 4.29. The van der Waals surface area contributed by atoms with Gasteiger partial charge in [-0.25, -0.2) is 9.97 Å². The quantitative estimate of drug-likeness (QED) is 0.673. The average Bonchev–Trinajstić information content (AvgIpc) is 2.69. The number of carbonyl (C=O) groups is 1. The van der Waals surface area contributed by atoms with Crippen LogP contribution in [0, 0.1) is 6.92 Å². The van der Waals surface area contributed by atoms with Gasteiger partial charge in [-0.1, -0.05) is 60.7 Å². The lowest BCUT2D eigenvalue weighted by molar-refractivity contribution is -0.141. The second-order valence-corrected chi connectivity index (χ2v) is 6.60. The molecule has 7 heteroatoms. The third kappa shape index (κ3) is 5.40. The molecule has 1 aromatic heterocycles. The van der Waals surface area contributed by atoms with E-state index < -0.39 is 17.8 Å². The van der Waals surface area contributed by atoms with E-state index in [1.165, 1.54) is 6.92 Å². The van der Waals surface area contributed by atoms with Crippen molar-refractivity contribution in [3.8, 4) is 0 Å². The Bertz CT molecular complexity index is 921. The Morgan fingerprint density at radius 3 is 2.03 bits per heavy atom. The van der Waals surface area contributed by atoms with Gasteiger partial charge in [-0.2, -0.15) is 13.2 Å². The van der Waals surface area contributed by atoms with Crippen molar-refractivity contribution < 1.29 is 18.0 Å². The van der Waals surface area contributed by atoms with E-state index in [1.54, 1.807) is 0 Å². The number of aromatic nitrogens is 2. The fourth-order valence-electron chi connectivity index (χ4n) is 3.07. The number of hydrogen-bond donors (Lipinski definition) is 1. The van der Waals surface area contributed by atoms with Gasteiger partial charge in [-0.3, -0.25) is 4.79 Å². The summed E-state index contributed by atoms with van der Waals surface area (Å²) in [5, 5.41) is 2.81. The van der Waals surface area contributed by atoms with E-state index in [4.69, 9.17) is 0 Å². The van der Waals surface area contributed by atoms with E-state index in [0.717, 1.165) is 17.2 Å². The molecule has 0 aliphatic carbocycles. The third-order valence-electron chi connectivity index (χ3n) is 4.37. The molecule has 29 heavy (non-hydrogen) atoms. The van der Waals surface area contributed by atoms with Crippen molar-refractivity contribution in [3.63, 3.8) is 0 Å². The third-order valence-corrected chi connectivity index (χ3v) is 4.37. The number of aryl methyl sites for hydroxylation is 1. The molecule has 1 amide bonds. The number of nitrogens with zero attached hydrogens (tertiary/aromatic N) is 2. The van der Waals surface area contributed by atoms with Crippen molar-refractivity contribution in [1.29, 1.82) is 0 Å². The van der Waals surface area contributed by atoms with Crippen LogP contribution in [0.1, 0.15) is 34.3 Å². The highest BCUT2D eigenvalue weighted by Crippen LogP contribution is 2.28. The van der Waals surface area contributed by atoms with Crippen LogP contribution in [-0.2, 0) is 17.4 Å². The molecule has 2 aromatic carbocycles. The Labute approximate surface area is 166 Å². The Morgan fingerprint density at radius 1 is 0.966 bits per heavy atom. The van der Waals surface area contributed by atoms with Crippen molar-refractivity contribution in [1.82, 2.24) is 15.3 Å². The maximum absolute atomic E-state index is 12.9. The van der Waals surface area contributed by atoms with Crippen LogP contribution in [0.2, 0.25) is 0 Å². The van der Waals surface area contributed by atoms with E-state index in [2.05, 4.69) is 15.3 Å². The van der Waals surface area contributed by atoms with Crippen LogP contribution in [0.5, 0.6) is 0 Å². The van der Waals surface area contributed by atoms with Crippen LogP contribution in [0.4, 0.5) is 13.2 Å². The number of benzene rings is 2. The van der Waals surface area contributed by atoms with E-state index in [-0.39, 0.29) is 30.4 Å². The topological polar surface area (TPSA) is 54.9 Å². The van der Waals surface area contributed by atoms with Gasteiger partial charge in [-0.05, 0) is 24.1 Å². The van der Waals surface area contributed by atoms with Gasteiger partial charge in [0.1, 0.15) is 11.5 Å². The molecule has 1 N–H and O–H groups in total. The highest BCUT2D eigenvalue weighted by atomic mass is 19.4. The van der Waals surface area contributed by atoms with Crippen LogP contribution in [-0.4, -0.2) is 22.4 Å². The summed E-state index contributed by atoms with van der Waals surface area (Å²) >= 11 is 0. The van der Waals surface area contributed by atoms with Crippen LogP contribution in [0.3, 0.4) is 0 Å². The zero-order chi connectivity index (χ0) is 20.9. The van der Waals surface area contributed by atoms with Crippen LogP contribution in [0.15, 0.2) is 66.7 Å². The average molecular weight is 399 g/mol. The second-order valence-electron chi connectivity index (χ2n) is 6.60. The molecule has 0 atom stereocenters. The summed E-state index contributed by atoms with van der Waals surface area (Å²) in [5.74, 6) is -0.693. The molecule has 3 aromatic rings. The van der Waals surface area contributed by atoms with Gasteiger partial charge in [0.15, 0.2) is 0 Å². The van der Waals surface area contributed by atoms with E-state index in [0.29, 0.717) is 0 Å². The number of carbonyl (C=O) groups excluding carboxylic acids is 1. The van der Waals surface area contributed by atoms with Crippen molar-refractivity contribution in [2.45, 2.75) is 25.4 Å². The smallest absolute Gasteiger partial charge is 0.355 e. The molecule has 0 aliphatic rings. The number of rotatable bonds is 6. The molecule has 0 saturated carbocycles. The first kappa shape index (κ1) is 20.5. The Balaban J connectivity index is 1.72. The normalized spacial score (nSPS) is 11.5. The lowest BCUT2D eigenvalue weighted by atomic mass is 9.90. The predicted molar refractivity (Wildman–Crippen MR) is 103 cm³/mol. The number of hydrogen-bond acceptors (Lipinski definition) is 3. The Hall–Kier alpha value is -3.22. The molecule has 150 valence electrons. The first-order valence-electron chi connectivity index (χ1n) is 9.14.